The van der Waals surface area contributed by atoms with Gasteiger partial charge in [0.25, 0.3) is 0 Å². The van der Waals surface area contributed by atoms with Crippen molar-refractivity contribution < 1.29 is 14.7 Å². The van der Waals surface area contributed by atoms with Gasteiger partial charge in [-0.2, -0.15) is 0 Å². The minimum absolute atomic E-state index is 0.0461. The number of hydrogen-bond donors (Lipinski definition) is 1. The van der Waals surface area contributed by atoms with E-state index in [0.717, 1.165) is 42.3 Å². The van der Waals surface area contributed by atoms with Gasteiger partial charge in [-0.25, -0.2) is 4.79 Å². The highest BCUT2D eigenvalue weighted by Crippen LogP contribution is 2.28. The van der Waals surface area contributed by atoms with Gasteiger partial charge in [-0.05, 0) is 42.2 Å². The van der Waals surface area contributed by atoms with Crippen molar-refractivity contribution in [1.29, 1.82) is 0 Å². The first-order valence-corrected chi connectivity index (χ1v) is 5.90. The standard InChI is InChI=1S/C14H15NO3/c1-10(16)15-8-2-3-12-9-11(4-6-13(12)15)5-7-14(17)18/h4-7,9H,2-3,8H2,1H3,(H,17,18). The van der Waals surface area contributed by atoms with Crippen LogP contribution in [0.15, 0.2) is 24.3 Å². The summed E-state index contributed by atoms with van der Waals surface area (Å²) < 4.78 is 0. The second-order valence-corrected chi connectivity index (χ2v) is 4.33. The van der Waals surface area contributed by atoms with Gasteiger partial charge in [0, 0.05) is 25.2 Å². The van der Waals surface area contributed by atoms with Crippen LogP contribution >= 0.6 is 0 Å². The van der Waals surface area contributed by atoms with E-state index in [2.05, 4.69) is 0 Å². The Morgan fingerprint density at radius 3 is 2.83 bits per heavy atom. The van der Waals surface area contributed by atoms with Crippen molar-refractivity contribution in [3.8, 4) is 0 Å². The molecule has 1 heterocycles. The van der Waals surface area contributed by atoms with Crippen LogP contribution in [0.2, 0.25) is 0 Å². The quantitative estimate of drug-likeness (QED) is 0.811. The number of carboxylic acid groups (broad SMARTS) is 1. The monoisotopic (exact) mass is 245 g/mol. The minimum atomic E-state index is -0.960. The first-order chi connectivity index (χ1) is 8.58. The van der Waals surface area contributed by atoms with Crippen molar-refractivity contribution in [2.75, 3.05) is 11.4 Å². The third-order valence-electron chi connectivity index (χ3n) is 3.02. The maximum absolute atomic E-state index is 11.5. The highest BCUT2D eigenvalue weighted by Gasteiger charge is 2.19. The van der Waals surface area contributed by atoms with Crippen LogP contribution in [-0.4, -0.2) is 23.5 Å². The minimum Gasteiger partial charge on any atom is -0.478 e. The van der Waals surface area contributed by atoms with E-state index in [4.69, 9.17) is 5.11 Å². The Labute approximate surface area is 106 Å². The summed E-state index contributed by atoms with van der Waals surface area (Å²) in [5.41, 5.74) is 2.90. The van der Waals surface area contributed by atoms with Crippen LogP contribution in [0, 0.1) is 0 Å². The third-order valence-corrected chi connectivity index (χ3v) is 3.02. The number of carboxylic acids is 1. The Morgan fingerprint density at radius 2 is 2.17 bits per heavy atom. The molecule has 1 N–H and O–H groups in total. The van der Waals surface area contributed by atoms with Gasteiger partial charge in [-0.15, -0.1) is 0 Å². The molecule has 0 aliphatic carbocycles. The molecule has 1 amide bonds. The molecule has 0 atom stereocenters. The molecule has 0 spiro atoms. The molecule has 0 saturated heterocycles. The number of aliphatic carboxylic acids is 1. The molecule has 0 radical (unpaired) electrons. The SMILES string of the molecule is CC(=O)N1CCCc2cc(C=CC(=O)O)ccc21. The van der Waals surface area contributed by atoms with Gasteiger partial charge in [0.15, 0.2) is 0 Å². The first-order valence-electron chi connectivity index (χ1n) is 5.90. The summed E-state index contributed by atoms with van der Waals surface area (Å²) in [6.45, 7) is 2.32. The number of carbonyl (C=O) groups excluding carboxylic acids is 1. The summed E-state index contributed by atoms with van der Waals surface area (Å²) >= 11 is 0. The normalized spacial score (nSPS) is 14.6. The maximum atomic E-state index is 11.5. The molecule has 1 aromatic carbocycles. The van der Waals surface area contributed by atoms with Gasteiger partial charge >= 0.3 is 5.97 Å². The van der Waals surface area contributed by atoms with Crippen molar-refractivity contribution >= 4 is 23.6 Å². The smallest absolute Gasteiger partial charge is 0.328 e. The van der Waals surface area contributed by atoms with Crippen LogP contribution in [0.4, 0.5) is 5.69 Å². The lowest BCUT2D eigenvalue weighted by Crippen LogP contribution is -2.33. The summed E-state index contributed by atoms with van der Waals surface area (Å²) in [5.74, 6) is -0.914. The molecule has 0 saturated carbocycles. The topological polar surface area (TPSA) is 57.6 Å². The van der Waals surface area contributed by atoms with E-state index in [0.29, 0.717) is 0 Å². The van der Waals surface area contributed by atoms with Crippen molar-refractivity contribution in [3.63, 3.8) is 0 Å². The van der Waals surface area contributed by atoms with Gasteiger partial charge in [-0.3, -0.25) is 4.79 Å². The van der Waals surface area contributed by atoms with Crippen LogP contribution in [0.5, 0.6) is 0 Å². The van der Waals surface area contributed by atoms with Crippen molar-refractivity contribution in [3.05, 3.63) is 35.4 Å². The highest BCUT2D eigenvalue weighted by molar-refractivity contribution is 5.93. The van der Waals surface area contributed by atoms with Crippen LogP contribution in [0.1, 0.15) is 24.5 Å². The molecule has 4 nitrogen and oxygen atoms in total. The van der Waals surface area contributed by atoms with Crippen LogP contribution < -0.4 is 4.90 Å². The lowest BCUT2D eigenvalue weighted by atomic mass is 9.99. The molecule has 0 aromatic heterocycles. The Hall–Kier alpha value is -2.10. The molecular weight excluding hydrogens is 230 g/mol. The first kappa shape index (κ1) is 12.4. The molecule has 0 fully saturated rings. The molecule has 0 unspecified atom stereocenters. The summed E-state index contributed by atoms with van der Waals surface area (Å²) in [5, 5.41) is 8.59. The average Bonchev–Trinajstić information content (AvgIpc) is 2.35. The summed E-state index contributed by atoms with van der Waals surface area (Å²) in [6.07, 6.45) is 4.55. The van der Waals surface area contributed by atoms with E-state index in [-0.39, 0.29) is 5.91 Å². The molecule has 2 rings (SSSR count). The second kappa shape index (κ2) is 5.04. The second-order valence-electron chi connectivity index (χ2n) is 4.33. The number of nitrogens with zero attached hydrogens (tertiary/aromatic N) is 1. The van der Waals surface area contributed by atoms with Gasteiger partial charge in [0.2, 0.25) is 5.91 Å². The molecule has 4 heteroatoms. The molecule has 94 valence electrons. The van der Waals surface area contributed by atoms with Gasteiger partial charge in [0.1, 0.15) is 0 Å². The largest absolute Gasteiger partial charge is 0.478 e. The van der Waals surface area contributed by atoms with E-state index in [1.807, 2.05) is 18.2 Å². The fourth-order valence-electron chi connectivity index (χ4n) is 2.22. The molecule has 0 bridgehead atoms. The summed E-state index contributed by atoms with van der Waals surface area (Å²) in [4.78, 5) is 23.7. The van der Waals surface area contributed by atoms with Gasteiger partial charge in [-0.1, -0.05) is 6.07 Å². The number of amides is 1. The van der Waals surface area contributed by atoms with E-state index in [1.165, 1.54) is 0 Å². The van der Waals surface area contributed by atoms with Crippen LogP contribution in [-0.2, 0) is 16.0 Å². The zero-order valence-electron chi connectivity index (χ0n) is 10.2. The number of rotatable bonds is 2. The van der Waals surface area contributed by atoms with Crippen molar-refractivity contribution in [1.82, 2.24) is 0 Å². The summed E-state index contributed by atoms with van der Waals surface area (Å²) in [6, 6.07) is 5.67. The van der Waals surface area contributed by atoms with Gasteiger partial charge in [0.05, 0.1) is 0 Å². The van der Waals surface area contributed by atoms with Gasteiger partial charge < -0.3 is 10.0 Å². The number of carbonyl (C=O) groups is 2. The fourth-order valence-corrected chi connectivity index (χ4v) is 2.22. The molecule has 1 aliphatic rings. The number of anilines is 1. The lowest BCUT2D eigenvalue weighted by Gasteiger charge is -2.28. The van der Waals surface area contributed by atoms with E-state index >= 15 is 0 Å². The van der Waals surface area contributed by atoms with E-state index in [1.54, 1.807) is 17.9 Å². The predicted molar refractivity (Wildman–Crippen MR) is 69.5 cm³/mol. The van der Waals surface area contributed by atoms with Crippen molar-refractivity contribution in [2.45, 2.75) is 19.8 Å². The van der Waals surface area contributed by atoms with Crippen LogP contribution in [0.25, 0.3) is 6.08 Å². The molecule has 1 aromatic rings. The van der Waals surface area contributed by atoms with E-state index < -0.39 is 5.97 Å². The lowest BCUT2D eigenvalue weighted by molar-refractivity contribution is -0.131. The zero-order chi connectivity index (χ0) is 13.1. The third kappa shape index (κ3) is 2.59. The molecule has 18 heavy (non-hydrogen) atoms. The average molecular weight is 245 g/mol. The predicted octanol–water partition coefficient (Wildman–Crippen LogP) is 2.08. The summed E-state index contributed by atoms with van der Waals surface area (Å²) in [7, 11) is 0. The Kier molecular flexibility index (Phi) is 3.46. The number of hydrogen-bond acceptors (Lipinski definition) is 2. The molecular formula is C14H15NO3. The maximum Gasteiger partial charge on any atom is 0.328 e. The molecule has 1 aliphatic heterocycles. The number of fused-ring (bicyclic) bond motifs is 1. The Balaban J connectivity index is 2.32. The fraction of sp³-hybridized carbons (Fsp3) is 0.286. The van der Waals surface area contributed by atoms with Crippen LogP contribution in [0.3, 0.4) is 0 Å². The van der Waals surface area contributed by atoms with Crippen molar-refractivity contribution in [2.24, 2.45) is 0 Å². The highest BCUT2D eigenvalue weighted by atomic mass is 16.4. The Bertz CT molecular complexity index is 520. The zero-order valence-corrected chi connectivity index (χ0v) is 10.2. The van der Waals surface area contributed by atoms with E-state index in [9.17, 15) is 9.59 Å². The number of aryl methyl sites for hydroxylation is 1. The Morgan fingerprint density at radius 1 is 1.39 bits per heavy atom. The number of benzene rings is 1.